The molecular formula is C3H4KNO2. The van der Waals surface area contributed by atoms with Crippen molar-refractivity contribution in [2.24, 2.45) is 0 Å². The minimum absolute atomic E-state index is 0. The standard InChI is InChI=1S/C3H5NO2.K/c5-3-4-1-2-6-3;/h1-2H2,(H,4,5);/q;+1/p-1. The minimum atomic E-state index is -0.421. The van der Waals surface area contributed by atoms with Gasteiger partial charge in [-0.25, -0.2) is 0 Å². The van der Waals surface area contributed by atoms with E-state index in [1.807, 2.05) is 0 Å². The van der Waals surface area contributed by atoms with Gasteiger partial charge in [-0.15, -0.1) is 0 Å². The number of amides is 1. The predicted molar refractivity (Wildman–Crippen MR) is 19.6 cm³/mol. The van der Waals surface area contributed by atoms with Crippen LogP contribution in [-0.4, -0.2) is 19.2 Å². The molecule has 0 atom stereocenters. The molecule has 1 fully saturated rings. The van der Waals surface area contributed by atoms with E-state index in [4.69, 9.17) is 0 Å². The number of hydrogen-bond donors (Lipinski definition) is 0. The van der Waals surface area contributed by atoms with E-state index in [0.717, 1.165) is 0 Å². The van der Waals surface area contributed by atoms with Crippen LogP contribution in [0, 0.1) is 0 Å². The topological polar surface area (TPSA) is 40.4 Å². The van der Waals surface area contributed by atoms with Crippen LogP contribution in [0.3, 0.4) is 0 Å². The van der Waals surface area contributed by atoms with Crippen molar-refractivity contribution >= 4 is 6.09 Å². The molecule has 1 aliphatic rings. The van der Waals surface area contributed by atoms with Gasteiger partial charge < -0.3 is 10.1 Å². The van der Waals surface area contributed by atoms with Crippen molar-refractivity contribution in [2.75, 3.05) is 13.2 Å². The predicted octanol–water partition coefficient (Wildman–Crippen LogP) is -2.49. The van der Waals surface area contributed by atoms with E-state index in [2.05, 4.69) is 10.1 Å². The second-order valence-corrected chi connectivity index (χ2v) is 0.996. The third-order valence-corrected chi connectivity index (χ3v) is 0.558. The van der Waals surface area contributed by atoms with Crippen molar-refractivity contribution in [1.82, 2.24) is 0 Å². The number of ether oxygens (including phenoxy) is 1. The van der Waals surface area contributed by atoms with E-state index in [9.17, 15) is 4.79 Å². The monoisotopic (exact) mass is 125 g/mol. The molecule has 1 saturated heterocycles. The molecule has 1 rings (SSSR count). The quantitative estimate of drug-likeness (QED) is 0.336. The summed E-state index contributed by atoms with van der Waals surface area (Å²) in [5.74, 6) is 0. The van der Waals surface area contributed by atoms with Crippen molar-refractivity contribution in [2.45, 2.75) is 0 Å². The number of carbonyl (C=O) groups is 1. The first kappa shape index (κ1) is 7.91. The first-order valence-corrected chi connectivity index (χ1v) is 1.74. The Morgan fingerprint density at radius 2 is 2.43 bits per heavy atom. The van der Waals surface area contributed by atoms with E-state index < -0.39 is 6.09 Å². The Hall–Kier alpha value is 0.906. The number of cyclic esters (lactones) is 1. The Labute approximate surface area is 84.2 Å². The first-order chi connectivity index (χ1) is 2.89. The molecule has 1 aliphatic heterocycles. The molecule has 0 aliphatic carbocycles. The molecule has 0 radical (unpaired) electrons. The van der Waals surface area contributed by atoms with Crippen molar-refractivity contribution in [1.29, 1.82) is 0 Å². The third kappa shape index (κ3) is 2.66. The van der Waals surface area contributed by atoms with Crippen LogP contribution in [0.1, 0.15) is 0 Å². The van der Waals surface area contributed by atoms with Crippen LogP contribution in [0.15, 0.2) is 0 Å². The zero-order valence-corrected chi connectivity index (χ0v) is 7.30. The van der Waals surface area contributed by atoms with Gasteiger partial charge in [0.25, 0.3) is 0 Å². The summed E-state index contributed by atoms with van der Waals surface area (Å²) in [6.07, 6.45) is -0.421. The molecule has 3 nitrogen and oxygen atoms in total. The van der Waals surface area contributed by atoms with Crippen LogP contribution in [-0.2, 0) is 4.74 Å². The first-order valence-electron chi connectivity index (χ1n) is 1.74. The molecule has 1 heterocycles. The van der Waals surface area contributed by atoms with E-state index >= 15 is 0 Å². The molecule has 0 aromatic carbocycles. The van der Waals surface area contributed by atoms with Crippen molar-refractivity contribution < 1.29 is 60.9 Å². The third-order valence-electron chi connectivity index (χ3n) is 0.558. The summed E-state index contributed by atoms with van der Waals surface area (Å²) in [4.78, 5) is 9.85. The Morgan fingerprint density at radius 3 is 2.57 bits per heavy atom. The zero-order chi connectivity index (χ0) is 4.41. The van der Waals surface area contributed by atoms with Crippen molar-refractivity contribution in [3.05, 3.63) is 5.32 Å². The van der Waals surface area contributed by atoms with Crippen LogP contribution >= 0.6 is 0 Å². The summed E-state index contributed by atoms with van der Waals surface area (Å²) in [6.45, 7) is 1.01. The van der Waals surface area contributed by atoms with Gasteiger partial charge in [-0.05, 0) is 0 Å². The Kier molecular flexibility index (Phi) is 4.35. The van der Waals surface area contributed by atoms with Gasteiger partial charge >= 0.3 is 51.4 Å². The molecule has 0 N–H and O–H groups in total. The van der Waals surface area contributed by atoms with Crippen LogP contribution < -0.4 is 51.4 Å². The van der Waals surface area contributed by atoms with Crippen LogP contribution in [0.4, 0.5) is 4.79 Å². The Bertz CT molecular complexity index is 67.3. The number of nitrogens with zero attached hydrogens (tertiary/aromatic N) is 1. The SMILES string of the molecule is O=C1[N-]CCO1.[K+]. The maximum absolute atomic E-state index is 9.85. The van der Waals surface area contributed by atoms with Gasteiger partial charge in [0.1, 0.15) is 0 Å². The van der Waals surface area contributed by atoms with Crippen LogP contribution in [0.5, 0.6) is 0 Å². The van der Waals surface area contributed by atoms with Gasteiger partial charge in [0.05, 0.1) is 6.61 Å². The average molecular weight is 125 g/mol. The van der Waals surface area contributed by atoms with E-state index in [-0.39, 0.29) is 51.4 Å². The fourth-order valence-corrected chi connectivity index (χ4v) is 0.316. The Balaban J connectivity index is 0.000000360. The summed E-state index contributed by atoms with van der Waals surface area (Å²) in [5.41, 5.74) is 0. The van der Waals surface area contributed by atoms with Crippen LogP contribution in [0.25, 0.3) is 5.32 Å². The fourth-order valence-electron chi connectivity index (χ4n) is 0.316. The number of carbonyl (C=O) groups excluding carboxylic acids is 1. The van der Waals surface area contributed by atoms with Gasteiger partial charge in [-0.2, -0.15) is 0 Å². The number of rotatable bonds is 0. The minimum Gasteiger partial charge on any atom is -0.615 e. The molecule has 0 unspecified atom stereocenters. The molecular weight excluding hydrogens is 121 g/mol. The zero-order valence-electron chi connectivity index (χ0n) is 4.18. The van der Waals surface area contributed by atoms with Crippen molar-refractivity contribution in [3.8, 4) is 0 Å². The Morgan fingerprint density at radius 1 is 1.71 bits per heavy atom. The second-order valence-electron chi connectivity index (χ2n) is 0.996. The molecule has 34 valence electrons. The summed E-state index contributed by atoms with van der Waals surface area (Å²) in [7, 11) is 0. The maximum Gasteiger partial charge on any atom is 1.00 e. The smallest absolute Gasteiger partial charge is 0.615 e. The van der Waals surface area contributed by atoms with E-state index in [0.29, 0.717) is 13.2 Å². The molecule has 0 aromatic heterocycles. The van der Waals surface area contributed by atoms with Crippen LogP contribution in [0.2, 0.25) is 0 Å². The summed E-state index contributed by atoms with van der Waals surface area (Å²) >= 11 is 0. The maximum atomic E-state index is 9.85. The summed E-state index contributed by atoms with van der Waals surface area (Å²) < 4.78 is 4.35. The van der Waals surface area contributed by atoms with Gasteiger partial charge in [0.15, 0.2) is 0 Å². The fraction of sp³-hybridized carbons (Fsp3) is 0.667. The average Bonchev–Trinajstić information content (AvgIpc) is 1.86. The molecule has 7 heavy (non-hydrogen) atoms. The van der Waals surface area contributed by atoms with Gasteiger partial charge in [0.2, 0.25) is 6.09 Å². The van der Waals surface area contributed by atoms with Gasteiger partial charge in [-0.3, -0.25) is 4.79 Å². The molecule has 0 bridgehead atoms. The van der Waals surface area contributed by atoms with E-state index in [1.165, 1.54) is 0 Å². The molecule has 0 aromatic rings. The normalized spacial score (nSPS) is 16.9. The number of hydrogen-bond acceptors (Lipinski definition) is 2. The largest absolute Gasteiger partial charge is 1.00 e. The van der Waals surface area contributed by atoms with Gasteiger partial charge in [-0.1, -0.05) is 6.54 Å². The molecule has 1 amide bonds. The molecule has 0 spiro atoms. The van der Waals surface area contributed by atoms with Gasteiger partial charge in [0, 0.05) is 0 Å². The molecule has 4 heteroatoms. The second kappa shape index (κ2) is 3.85. The summed E-state index contributed by atoms with van der Waals surface area (Å²) in [6, 6.07) is 0. The van der Waals surface area contributed by atoms with E-state index in [1.54, 1.807) is 0 Å². The molecule has 0 saturated carbocycles. The van der Waals surface area contributed by atoms with Crippen molar-refractivity contribution in [3.63, 3.8) is 0 Å². The summed E-state index contributed by atoms with van der Waals surface area (Å²) in [5, 5.41) is 3.38.